The maximum atomic E-state index is 6.20. The molecule has 2 N–H and O–H groups in total. The van der Waals surface area contributed by atoms with E-state index in [0.29, 0.717) is 0 Å². The van der Waals surface area contributed by atoms with E-state index in [0.717, 1.165) is 36.2 Å². The second kappa shape index (κ2) is 5.91. The van der Waals surface area contributed by atoms with Gasteiger partial charge in [0.2, 0.25) is 0 Å². The van der Waals surface area contributed by atoms with Gasteiger partial charge in [0.25, 0.3) is 0 Å². The van der Waals surface area contributed by atoms with Crippen molar-refractivity contribution in [2.75, 3.05) is 26.7 Å². The van der Waals surface area contributed by atoms with Crippen molar-refractivity contribution >= 4 is 15.9 Å². The fourth-order valence-corrected chi connectivity index (χ4v) is 2.45. The van der Waals surface area contributed by atoms with E-state index in [1.165, 1.54) is 0 Å². The minimum atomic E-state index is 0.0221. The predicted octanol–water partition coefficient (Wildman–Crippen LogP) is 1.04. The van der Waals surface area contributed by atoms with Crippen molar-refractivity contribution in [2.45, 2.75) is 18.6 Å². The van der Waals surface area contributed by atoms with Crippen LogP contribution < -0.4 is 5.73 Å². The van der Waals surface area contributed by atoms with E-state index in [2.05, 4.69) is 38.9 Å². The van der Waals surface area contributed by atoms with Gasteiger partial charge < -0.3 is 15.4 Å². The Labute approximate surface area is 110 Å². The lowest BCUT2D eigenvalue weighted by atomic mass is 10.0. The topological polar surface area (TPSA) is 51.4 Å². The summed E-state index contributed by atoms with van der Waals surface area (Å²) in [7, 11) is 2.10. The third kappa shape index (κ3) is 3.74. The largest absolute Gasteiger partial charge is 0.374 e. The highest BCUT2D eigenvalue weighted by Crippen LogP contribution is 2.14. The summed E-state index contributed by atoms with van der Waals surface area (Å²) < 4.78 is 6.70. The second-order valence-electron chi connectivity index (χ2n) is 4.55. The van der Waals surface area contributed by atoms with Crippen LogP contribution in [0.3, 0.4) is 0 Å². The van der Waals surface area contributed by atoms with Crippen LogP contribution in [0.15, 0.2) is 22.9 Å². The maximum Gasteiger partial charge on any atom is 0.0856 e. The van der Waals surface area contributed by atoms with Crippen LogP contribution in [0.25, 0.3) is 0 Å². The van der Waals surface area contributed by atoms with Gasteiger partial charge in [0, 0.05) is 36.0 Å². The Morgan fingerprint density at radius 3 is 3.18 bits per heavy atom. The van der Waals surface area contributed by atoms with Crippen LogP contribution >= 0.6 is 15.9 Å². The van der Waals surface area contributed by atoms with Crippen molar-refractivity contribution in [2.24, 2.45) is 5.73 Å². The van der Waals surface area contributed by atoms with Gasteiger partial charge in [0.1, 0.15) is 0 Å². The van der Waals surface area contributed by atoms with Crippen molar-refractivity contribution < 1.29 is 4.74 Å². The number of likely N-dealkylation sites (N-methyl/N-ethyl adjacent to an activating group) is 1. The van der Waals surface area contributed by atoms with Crippen LogP contribution in [0, 0.1) is 0 Å². The van der Waals surface area contributed by atoms with Crippen LogP contribution in [0.1, 0.15) is 5.56 Å². The Morgan fingerprint density at radius 1 is 1.65 bits per heavy atom. The number of nitrogens with two attached hydrogens (primary N) is 1. The molecular formula is C12H18BrN3O. The molecule has 94 valence electrons. The molecule has 2 unspecified atom stereocenters. The van der Waals surface area contributed by atoms with E-state index in [-0.39, 0.29) is 12.1 Å². The number of halogens is 1. The number of morpholine rings is 1. The van der Waals surface area contributed by atoms with Gasteiger partial charge in [0.05, 0.1) is 12.7 Å². The summed E-state index contributed by atoms with van der Waals surface area (Å²) in [5, 5.41) is 0. The number of rotatable bonds is 3. The van der Waals surface area contributed by atoms with E-state index in [4.69, 9.17) is 10.5 Å². The van der Waals surface area contributed by atoms with Gasteiger partial charge in [-0.25, -0.2) is 0 Å². The van der Waals surface area contributed by atoms with Crippen LogP contribution in [0.5, 0.6) is 0 Å². The Balaban J connectivity index is 1.94. The fraction of sp³-hybridized carbons (Fsp3) is 0.583. The molecule has 1 saturated heterocycles. The summed E-state index contributed by atoms with van der Waals surface area (Å²) in [6, 6.07) is 2.08. The molecule has 1 aromatic heterocycles. The van der Waals surface area contributed by atoms with Gasteiger partial charge in [-0.2, -0.15) is 0 Å². The first-order valence-corrected chi connectivity index (χ1v) is 6.59. The smallest absolute Gasteiger partial charge is 0.0856 e. The zero-order chi connectivity index (χ0) is 12.3. The first-order valence-electron chi connectivity index (χ1n) is 5.80. The first kappa shape index (κ1) is 13.0. The van der Waals surface area contributed by atoms with E-state index >= 15 is 0 Å². The summed E-state index contributed by atoms with van der Waals surface area (Å²) in [4.78, 5) is 6.40. The number of aromatic nitrogens is 1. The van der Waals surface area contributed by atoms with Crippen molar-refractivity contribution in [3.05, 3.63) is 28.5 Å². The average molecular weight is 300 g/mol. The van der Waals surface area contributed by atoms with Crippen molar-refractivity contribution in [1.29, 1.82) is 0 Å². The lowest BCUT2D eigenvalue weighted by Crippen LogP contribution is -2.50. The molecule has 0 radical (unpaired) electrons. The number of nitrogens with zero attached hydrogens (tertiary/aromatic N) is 2. The minimum Gasteiger partial charge on any atom is -0.374 e. The number of hydrogen-bond donors (Lipinski definition) is 1. The van der Waals surface area contributed by atoms with Gasteiger partial charge in [-0.15, -0.1) is 0 Å². The summed E-state index contributed by atoms with van der Waals surface area (Å²) in [5.41, 5.74) is 7.34. The lowest BCUT2D eigenvalue weighted by molar-refractivity contribution is -0.0319. The SMILES string of the molecule is CN1CCOC(C(N)Cc2cncc(Br)c2)C1. The third-order valence-electron chi connectivity index (χ3n) is 3.01. The summed E-state index contributed by atoms with van der Waals surface area (Å²) in [6.07, 6.45) is 4.55. The van der Waals surface area contributed by atoms with Gasteiger partial charge in [-0.05, 0) is 41.0 Å². The molecule has 0 aromatic carbocycles. The lowest BCUT2D eigenvalue weighted by Gasteiger charge is -2.33. The molecule has 1 aliphatic heterocycles. The van der Waals surface area contributed by atoms with E-state index in [1.54, 1.807) is 6.20 Å². The van der Waals surface area contributed by atoms with E-state index < -0.39 is 0 Å². The Hall–Kier alpha value is -0.490. The van der Waals surface area contributed by atoms with Gasteiger partial charge >= 0.3 is 0 Å². The third-order valence-corrected chi connectivity index (χ3v) is 3.44. The molecule has 2 heterocycles. The van der Waals surface area contributed by atoms with Crippen LogP contribution in [-0.4, -0.2) is 48.8 Å². The Kier molecular flexibility index (Phi) is 4.50. The molecular weight excluding hydrogens is 282 g/mol. The average Bonchev–Trinajstić information content (AvgIpc) is 2.29. The molecule has 5 heteroatoms. The molecule has 0 bridgehead atoms. The molecule has 0 spiro atoms. The summed E-state index contributed by atoms with van der Waals surface area (Å²) in [6.45, 7) is 2.66. The van der Waals surface area contributed by atoms with Crippen molar-refractivity contribution in [3.8, 4) is 0 Å². The second-order valence-corrected chi connectivity index (χ2v) is 5.47. The highest BCUT2D eigenvalue weighted by atomic mass is 79.9. The zero-order valence-electron chi connectivity index (χ0n) is 9.97. The van der Waals surface area contributed by atoms with Gasteiger partial charge in [0.15, 0.2) is 0 Å². The molecule has 2 atom stereocenters. The number of ether oxygens (including phenoxy) is 1. The molecule has 17 heavy (non-hydrogen) atoms. The normalized spacial score (nSPS) is 23.6. The molecule has 2 rings (SSSR count). The molecule has 1 aliphatic rings. The molecule has 0 saturated carbocycles. The fourth-order valence-electron chi connectivity index (χ4n) is 2.04. The molecule has 0 amide bonds. The first-order chi connectivity index (χ1) is 8.15. The minimum absolute atomic E-state index is 0.0221. The quantitative estimate of drug-likeness (QED) is 0.906. The van der Waals surface area contributed by atoms with Crippen LogP contribution in [0.4, 0.5) is 0 Å². The van der Waals surface area contributed by atoms with Gasteiger partial charge in [-0.1, -0.05) is 0 Å². The highest BCUT2D eigenvalue weighted by molar-refractivity contribution is 9.10. The molecule has 1 fully saturated rings. The molecule has 1 aromatic rings. The van der Waals surface area contributed by atoms with Crippen LogP contribution in [0.2, 0.25) is 0 Å². The van der Waals surface area contributed by atoms with Crippen molar-refractivity contribution in [1.82, 2.24) is 9.88 Å². The van der Waals surface area contributed by atoms with E-state index in [1.807, 2.05) is 6.20 Å². The predicted molar refractivity (Wildman–Crippen MR) is 70.9 cm³/mol. The number of hydrogen-bond acceptors (Lipinski definition) is 4. The Bertz CT molecular complexity index is 375. The van der Waals surface area contributed by atoms with Gasteiger partial charge in [-0.3, -0.25) is 4.98 Å². The highest BCUT2D eigenvalue weighted by Gasteiger charge is 2.24. The monoisotopic (exact) mass is 299 g/mol. The summed E-state index contributed by atoms with van der Waals surface area (Å²) >= 11 is 3.41. The van der Waals surface area contributed by atoms with Crippen molar-refractivity contribution in [3.63, 3.8) is 0 Å². The molecule has 0 aliphatic carbocycles. The van der Waals surface area contributed by atoms with Crippen LogP contribution in [-0.2, 0) is 11.2 Å². The van der Waals surface area contributed by atoms with E-state index in [9.17, 15) is 0 Å². The Morgan fingerprint density at radius 2 is 2.47 bits per heavy atom. The number of pyridine rings is 1. The maximum absolute atomic E-state index is 6.20. The zero-order valence-corrected chi connectivity index (χ0v) is 11.6. The summed E-state index contributed by atoms with van der Waals surface area (Å²) in [5.74, 6) is 0. The standard InChI is InChI=1S/C12H18BrN3O/c1-16-2-3-17-12(8-16)11(14)5-9-4-10(13)7-15-6-9/h4,6-7,11-12H,2-3,5,8,14H2,1H3. The molecule has 4 nitrogen and oxygen atoms in total.